The first-order valence-corrected chi connectivity index (χ1v) is 8.53. The van der Waals surface area contributed by atoms with Crippen molar-refractivity contribution in [2.24, 2.45) is 5.92 Å². The molecule has 1 aliphatic rings. The van der Waals surface area contributed by atoms with Gasteiger partial charge >= 0.3 is 12.0 Å². The number of hydrogen-bond donors (Lipinski definition) is 2. The van der Waals surface area contributed by atoms with E-state index in [1.807, 2.05) is 13.0 Å². The molecule has 2 N–H and O–H groups in total. The van der Waals surface area contributed by atoms with E-state index in [0.29, 0.717) is 18.1 Å². The molecule has 1 heterocycles. The van der Waals surface area contributed by atoms with Crippen LogP contribution in [0.1, 0.15) is 31.4 Å². The van der Waals surface area contributed by atoms with Crippen LogP contribution in [0.2, 0.25) is 0 Å². The van der Waals surface area contributed by atoms with E-state index in [0.717, 1.165) is 22.9 Å². The third kappa shape index (κ3) is 4.08. The molecule has 7 heteroatoms. The number of ether oxygens (including phenoxy) is 2. The number of carbonyl (C=O) groups excluding carboxylic acids is 2. The molecule has 0 aliphatic carbocycles. The van der Waals surface area contributed by atoms with Gasteiger partial charge in [0.1, 0.15) is 11.7 Å². The molecule has 2 amide bonds. The number of methoxy groups -OCH3 is 1. The Morgan fingerprint density at radius 3 is 2.79 bits per heavy atom. The number of halogens is 1. The second kappa shape index (κ2) is 8.19. The highest BCUT2D eigenvalue weighted by Crippen LogP contribution is 2.34. The lowest BCUT2D eigenvalue weighted by molar-refractivity contribution is -0.148. The van der Waals surface area contributed by atoms with Gasteiger partial charge in [0.05, 0.1) is 24.2 Å². The fourth-order valence-electron chi connectivity index (χ4n) is 2.52. The predicted molar refractivity (Wildman–Crippen MR) is 93.6 cm³/mol. The van der Waals surface area contributed by atoms with Crippen LogP contribution >= 0.6 is 15.9 Å². The van der Waals surface area contributed by atoms with Gasteiger partial charge in [-0.3, -0.25) is 4.79 Å². The molecule has 1 aromatic rings. The maximum absolute atomic E-state index is 12.5. The Hall–Kier alpha value is -2.02. The normalized spacial score (nSPS) is 20.1. The summed E-state index contributed by atoms with van der Waals surface area (Å²) in [6.45, 7) is 6.19. The van der Waals surface area contributed by atoms with Crippen LogP contribution in [0.4, 0.5) is 4.79 Å². The van der Waals surface area contributed by atoms with Gasteiger partial charge in [-0.2, -0.15) is 0 Å². The Morgan fingerprint density at radius 1 is 1.42 bits per heavy atom. The van der Waals surface area contributed by atoms with Gasteiger partial charge < -0.3 is 20.1 Å². The van der Waals surface area contributed by atoms with Crippen LogP contribution in [0, 0.1) is 5.92 Å². The van der Waals surface area contributed by atoms with Crippen molar-refractivity contribution in [2.75, 3.05) is 13.7 Å². The summed E-state index contributed by atoms with van der Waals surface area (Å²) >= 11 is 3.42. The maximum Gasteiger partial charge on any atom is 0.319 e. The summed E-state index contributed by atoms with van der Waals surface area (Å²) in [7, 11) is 1.57. The van der Waals surface area contributed by atoms with Crippen molar-refractivity contribution in [3.8, 4) is 5.75 Å². The quantitative estimate of drug-likeness (QED) is 0.571. The fraction of sp³-hybridized carbons (Fsp3) is 0.412. The highest BCUT2D eigenvalue weighted by atomic mass is 79.9. The molecule has 1 fully saturated rings. The minimum Gasteiger partial charge on any atom is -0.496 e. The van der Waals surface area contributed by atoms with Crippen molar-refractivity contribution in [1.82, 2.24) is 10.6 Å². The average Bonchev–Trinajstić information content (AvgIpc) is 2.54. The molecule has 2 atom stereocenters. The topological polar surface area (TPSA) is 76.7 Å². The SMILES string of the molecule is C=C1NC(=O)N[C@H](c2ccc(OC)c(Br)c2)[C@H]1C(=O)OCCCC. The lowest BCUT2D eigenvalue weighted by Crippen LogP contribution is -2.51. The number of amides is 2. The number of benzene rings is 1. The molecule has 24 heavy (non-hydrogen) atoms. The molecule has 1 saturated heterocycles. The minimum absolute atomic E-state index is 0.331. The largest absolute Gasteiger partial charge is 0.496 e. The zero-order chi connectivity index (χ0) is 17.7. The molecule has 0 radical (unpaired) electrons. The van der Waals surface area contributed by atoms with Crippen molar-refractivity contribution >= 4 is 27.9 Å². The Morgan fingerprint density at radius 2 is 2.17 bits per heavy atom. The lowest BCUT2D eigenvalue weighted by Gasteiger charge is -2.33. The van der Waals surface area contributed by atoms with Crippen LogP contribution in [0.5, 0.6) is 5.75 Å². The second-order valence-electron chi connectivity index (χ2n) is 5.49. The van der Waals surface area contributed by atoms with Gasteiger partial charge in [0.2, 0.25) is 0 Å². The number of carbonyl (C=O) groups is 2. The third-order valence-electron chi connectivity index (χ3n) is 3.80. The van der Waals surface area contributed by atoms with Crippen molar-refractivity contribution < 1.29 is 19.1 Å². The highest BCUT2D eigenvalue weighted by molar-refractivity contribution is 9.10. The van der Waals surface area contributed by atoms with Gasteiger partial charge in [-0.1, -0.05) is 26.0 Å². The number of hydrogen-bond acceptors (Lipinski definition) is 4. The summed E-state index contributed by atoms with van der Waals surface area (Å²) in [6, 6.07) is 4.45. The lowest BCUT2D eigenvalue weighted by atomic mass is 9.89. The highest BCUT2D eigenvalue weighted by Gasteiger charge is 2.39. The van der Waals surface area contributed by atoms with E-state index >= 15 is 0 Å². The van der Waals surface area contributed by atoms with Crippen LogP contribution in [0.15, 0.2) is 34.9 Å². The van der Waals surface area contributed by atoms with E-state index in [1.54, 1.807) is 19.2 Å². The van der Waals surface area contributed by atoms with E-state index in [9.17, 15) is 9.59 Å². The fourth-order valence-corrected chi connectivity index (χ4v) is 3.08. The maximum atomic E-state index is 12.5. The molecule has 130 valence electrons. The number of rotatable bonds is 6. The Labute approximate surface area is 149 Å². The predicted octanol–water partition coefficient (Wildman–Crippen LogP) is 3.28. The van der Waals surface area contributed by atoms with Crippen LogP contribution in [0.25, 0.3) is 0 Å². The van der Waals surface area contributed by atoms with Crippen molar-refractivity contribution in [1.29, 1.82) is 0 Å². The molecular formula is C17H21BrN2O4. The summed E-state index contributed by atoms with van der Waals surface area (Å²) in [5.41, 5.74) is 1.09. The van der Waals surface area contributed by atoms with E-state index in [1.165, 1.54) is 0 Å². The Bertz CT molecular complexity index is 647. The molecule has 0 aromatic heterocycles. The van der Waals surface area contributed by atoms with E-state index in [-0.39, 0.29) is 0 Å². The minimum atomic E-state index is -0.695. The van der Waals surface area contributed by atoms with Gasteiger partial charge in [0, 0.05) is 5.70 Å². The van der Waals surface area contributed by atoms with Crippen LogP contribution in [-0.2, 0) is 9.53 Å². The zero-order valence-corrected chi connectivity index (χ0v) is 15.3. The molecule has 6 nitrogen and oxygen atoms in total. The van der Waals surface area contributed by atoms with E-state index < -0.39 is 24.0 Å². The monoisotopic (exact) mass is 396 g/mol. The van der Waals surface area contributed by atoms with Crippen LogP contribution < -0.4 is 15.4 Å². The molecule has 2 rings (SSSR count). The molecule has 1 aromatic carbocycles. The number of nitrogens with one attached hydrogen (secondary N) is 2. The smallest absolute Gasteiger partial charge is 0.319 e. The first-order chi connectivity index (χ1) is 11.5. The first kappa shape index (κ1) is 18.3. The van der Waals surface area contributed by atoms with Gasteiger partial charge in [-0.25, -0.2) is 4.79 Å². The molecule has 0 saturated carbocycles. The first-order valence-electron chi connectivity index (χ1n) is 7.74. The number of urea groups is 1. The number of unbranched alkanes of at least 4 members (excludes halogenated alkanes) is 1. The van der Waals surface area contributed by atoms with E-state index in [2.05, 4.69) is 33.1 Å². The molecule has 0 bridgehead atoms. The van der Waals surface area contributed by atoms with Crippen molar-refractivity contribution in [2.45, 2.75) is 25.8 Å². The van der Waals surface area contributed by atoms with E-state index in [4.69, 9.17) is 9.47 Å². The molecule has 1 aliphatic heterocycles. The zero-order valence-electron chi connectivity index (χ0n) is 13.7. The summed E-state index contributed by atoms with van der Waals surface area (Å²) in [5, 5.41) is 5.33. The van der Waals surface area contributed by atoms with Crippen LogP contribution in [-0.4, -0.2) is 25.7 Å². The van der Waals surface area contributed by atoms with Gasteiger partial charge in [-0.05, 0) is 40.0 Å². The van der Waals surface area contributed by atoms with Gasteiger partial charge in [0.15, 0.2) is 0 Å². The summed E-state index contributed by atoms with van der Waals surface area (Å²) in [5.74, 6) is -0.433. The molecule has 0 unspecified atom stereocenters. The molecule has 0 spiro atoms. The summed E-state index contributed by atoms with van der Waals surface area (Å²) in [6.07, 6.45) is 1.73. The Balaban J connectivity index is 2.28. The standard InChI is InChI=1S/C17H21BrN2O4/c1-4-5-8-24-16(21)14-10(2)19-17(22)20-15(14)11-6-7-13(23-3)12(18)9-11/h6-7,9,14-15H,2,4-5,8H2,1,3H3,(H2,19,20,22)/t14-,15+/m0/s1. The third-order valence-corrected chi connectivity index (χ3v) is 4.42. The van der Waals surface area contributed by atoms with Crippen molar-refractivity contribution in [3.63, 3.8) is 0 Å². The van der Waals surface area contributed by atoms with Crippen molar-refractivity contribution in [3.05, 3.63) is 40.5 Å². The number of esters is 1. The van der Waals surface area contributed by atoms with Gasteiger partial charge in [-0.15, -0.1) is 0 Å². The summed E-state index contributed by atoms with van der Waals surface area (Å²) < 4.78 is 11.3. The Kier molecular flexibility index (Phi) is 6.25. The second-order valence-corrected chi connectivity index (χ2v) is 6.35. The van der Waals surface area contributed by atoms with Gasteiger partial charge in [0.25, 0.3) is 0 Å². The van der Waals surface area contributed by atoms with Crippen LogP contribution in [0.3, 0.4) is 0 Å². The average molecular weight is 397 g/mol. The summed E-state index contributed by atoms with van der Waals surface area (Å²) in [4.78, 5) is 24.3. The molecular weight excluding hydrogens is 376 g/mol.